The maximum atomic E-state index is 12.6. The minimum absolute atomic E-state index is 0.233. The summed E-state index contributed by atoms with van der Waals surface area (Å²) >= 11 is 0. The van der Waals surface area contributed by atoms with Crippen molar-refractivity contribution in [1.82, 2.24) is 10.6 Å². The maximum absolute atomic E-state index is 12.6. The molecule has 0 unspecified atom stereocenters. The predicted molar refractivity (Wildman–Crippen MR) is 109 cm³/mol. The molecule has 2 rings (SSSR count). The fourth-order valence-electron chi connectivity index (χ4n) is 2.72. The van der Waals surface area contributed by atoms with Gasteiger partial charge in [0.05, 0.1) is 25.3 Å². The Hall–Kier alpha value is -3.23. The normalized spacial score (nSPS) is 11.0. The van der Waals surface area contributed by atoms with Crippen molar-refractivity contribution in [2.24, 2.45) is 0 Å². The summed E-state index contributed by atoms with van der Waals surface area (Å²) in [7, 11) is 0. The molecule has 0 aliphatic rings. The molecule has 2 aromatic carbocycles. The second-order valence-electron chi connectivity index (χ2n) is 6.50. The minimum Gasteiger partial charge on any atom is -0.490 e. The fraction of sp³-hybridized carbons (Fsp3) is 0.364. The number of halogens is 3. The molecule has 0 heterocycles. The van der Waals surface area contributed by atoms with Gasteiger partial charge in [-0.1, -0.05) is 12.1 Å². The quantitative estimate of drug-likeness (QED) is 0.595. The lowest BCUT2D eigenvalue weighted by Gasteiger charge is -2.12. The third-order valence-electron chi connectivity index (χ3n) is 4.23. The van der Waals surface area contributed by atoms with Crippen molar-refractivity contribution in [3.05, 3.63) is 59.2 Å². The van der Waals surface area contributed by atoms with Gasteiger partial charge in [0.25, 0.3) is 5.91 Å². The summed E-state index contributed by atoms with van der Waals surface area (Å²) in [6.45, 7) is 4.52. The standard InChI is InChI=1S/C22H25F3N2O4/c1-3-30-18-10-7-16(13-19(18)31-4-2)21(29)27-14-20(28)26-12-11-15-5-8-17(9-6-15)22(23,24)25/h5-10,13H,3-4,11-12,14H2,1-2H3,(H,26,28)(H,27,29). The van der Waals surface area contributed by atoms with Crippen LogP contribution in [0.3, 0.4) is 0 Å². The summed E-state index contributed by atoms with van der Waals surface area (Å²) in [5.74, 6) is 0.123. The van der Waals surface area contributed by atoms with Crippen molar-refractivity contribution in [3.8, 4) is 11.5 Å². The van der Waals surface area contributed by atoms with Crippen molar-refractivity contribution in [2.75, 3.05) is 26.3 Å². The Kier molecular flexibility index (Phi) is 8.72. The highest BCUT2D eigenvalue weighted by atomic mass is 19.4. The van der Waals surface area contributed by atoms with Crippen LogP contribution in [0.5, 0.6) is 11.5 Å². The first-order chi connectivity index (χ1) is 14.7. The summed E-state index contributed by atoms with van der Waals surface area (Å²) < 4.78 is 48.6. The first-order valence-corrected chi connectivity index (χ1v) is 9.85. The molecule has 0 aliphatic carbocycles. The van der Waals surface area contributed by atoms with Crippen molar-refractivity contribution >= 4 is 11.8 Å². The lowest BCUT2D eigenvalue weighted by molar-refractivity contribution is -0.137. The average Bonchev–Trinajstić information content (AvgIpc) is 2.73. The van der Waals surface area contributed by atoms with E-state index in [1.54, 1.807) is 18.2 Å². The molecular weight excluding hydrogens is 413 g/mol. The van der Waals surface area contributed by atoms with Crippen LogP contribution in [0.4, 0.5) is 13.2 Å². The third-order valence-corrected chi connectivity index (χ3v) is 4.23. The number of benzene rings is 2. The molecule has 2 N–H and O–H groups in total. The number of alkyl halides is 3. The van der Waals surface area contributed by atoms with Gasteiger partial charge in [-0.3, -0.25) is 9.59 Å². The minimum atomic E-state index is -4.38. The predicted octanol–water partition coefficient (Wildman–Crippen LogP) is 3.59. The highest BCUT2D eigenvalue weighted by molar-refractivity contribution is 5.97. The average molecular weight is 438 g/mol. The molecule has 2 aromatic rings. The van der Waals surface area contributed by atoms with E-state index in [4.69, 9.17) is 9.47 Å². The summed E-state index contributed by atoms with van der Waals surface area (Å²) in [4.78, 5) is 24.2. The smallest absolute Gasteiger partial charge is 0.416 e. The number of carbonyl (C=O) groups is 2. The van der Waals surface area contributed by atoms with Gasteiger partial charge in [0.2, 0.25) is 5.91 Å². The van der Waals surface area contributed by atoms with Crippen LogP contribution >= 0.6 is 0 Å². The monoisotopic (exact) mass is 438 g/mol. The van der Waals surface area contributed by atoms with E-state index in [2.05, 4.69) is 10.6 Å². The number of amides is 2. The number of nitrogens with one attached hydrogen (secondary N) is 2. The molecule has 0 radical (unpaired) electrons. The molecule has 9 heteroatoms. The number of hydrogen-bond donors (Lipinski definition) is 2. The Bertz CT molecular complexity index is 883. The summed E-state index contributed by atoms with van der Waals surface area (Å²) in [5, 5.41) is 5.14. The zero-order valence-corrected chi connectivity index (χ0v) is 17.3. The van der Waals surface area contributed by atoms with Gasteiger partial charge in [-0.15, -0.1) is 0 Å². The topological polar surface area (TPSA) is 76.7 Å². The summed E-state index contributed by atoms with van der Waals surface area (Å²) in [6, 6.07) is 9.51. The van der Waals surface area contributed by atoms with Crippen molar-refractivity contribution < 1.29 is 32.2 Å². The molecule has 0 bridgehead atoms. The van der Waals surface area contributed by atoms with Crippen molar-refractivity contribution in [2.45, 2.75) is 26.4 Å². The Morgan fingerprint density at radius 3 is 2.16 bits per heavy atom. The number of hydrogen-bond acceptors (Lipinski definition) is 4. The molecule has 0 aromatic heterocycles. The third kappa shape index (κ3) is 7.51. The summed E-state index contributed by atoms with van der Waals surface area (Å²) in [5.41, 5.74) is 0.268. The number of carbonyl (C=O) groups excluding carboxylic acids is 2. The number of rotatable bonds is 10. The van der Waals surface area contributed by atoms with Crippen molar-refractivity contribution in [3.63, 3.8) is 0 Å². The lowest BCUT2D eigenvalue weighted by atomic mass is 10.1. The Balaban J connectivity index is 1.80. The maximum Gasteiger partial charge on any atom is 0.416 e. The highest BCUT2D eigenvalue weighted by Crippen LogP contribution is 2.29. The Labute approximate surface area is 178 Å². The van der Waals surface area contributed by atoms with Crippen LogP contribution in [0.2, 0.25) is 0 Å². The van der Waals surface area contributed by atoms with E-state index in [9.17, 15) is 22.8 Å². The van der Waals surface area contributed by atoms with Gasteiger partial charge >= 0.3 is 6.18 Å². The van der Waals surface area contributed by atoms with E-state index in [1.807, 2.05) is 13.8 Å². The van der Waals surface area contributed by atoms with Gasteiger partial charge in [-0.05, 0) is 56.2 Å². The van der Waals surface area contributed by atoms with Crippen LogP contribution in [0, 0.1) is 0 Å². The zero-order valence-electron chi connectivity index (χ0n) is 17.3. The van der Waals surface area contributed by atoms with Gasteiger partial charge in [0.1, 0.15) is 0 Å². The highest BCUT2D eigenvalue weighted by Gasteiger charge is 2.29. The van der Waals surface area contributed by atoms with Crippen LogP contribution in [0.25, 0.3) is 0 Å². The van der Waals surface area contributed by atoms with E-state index >= 15 is 0 Å². The lowest BCUT2D eigenvalue weighted by Crippen LogP contribution is -2.37. The van der Waals surface area contributed by atoms with E-state index in [0.717, 1.165) is 12.1 Å². The largest absolute Gasteiger partial charge is 0.490 e. The van der Waals surface area contributed by atoms with E-state index < -0.39 is 23.6 Å². The Morgan fingerprint density at radius 1 is 0.903 bits per heavy atom. The van der Waals surface area contributed by atoms with Gasteiger partial charge in [0.15, 0.2) is 11.5 Å². The molecule has 0 saturated heterocycles. The molecule has 2 amide bonds. The molecule has 168 valence electrons. The second-order valence-corrected chi connectivity index (χ2v) is 6.50. The van der Waals surface area contributed by atoms with Gasteiger partial charge in [-0.2, -0.15) is 13.2 Å². The van der Waals surface area contributed by atoms with E-state index in [-0.39, 0.29) is 13.1 Å². The zero-order chi connectivity index (χ0) is 22.9. The molecular formula is C22H25F3N2O4. The molecule has 0 aliphatic heterocycles. The molecule has 6 nitrogen and oxygen atoms in total. The van der Waals surface area contributed by atoms with Gasteiger partial charge in [0, 0.05) is 12.1 Å². The summed E-state index contributed by atoms with van der Waals surface area (Å²) in [6.07, 6.45) is -4.01. The fourth-order valence-corrected chi connectivity index (χ4v) is 2.72. The first-order valence-electron chi connectivity index (χ1n) is 9.85. The first kappa shape index (κ1) is 24.0. The van der Waals surface area contributed by atoms with Gasteiger partial charge in [-0.25, -0.2) is 0 Å². The molecule has 0 atom stereocenters. The van der Waals surface area contributed by atoms with E-state index in [0.29, 0.717) is 42.3 Å². The molecule has 0 saturated carbocycles. The van der Waals surface area contributed by atoms with E-state index in [1.165, 1.54) is 12.1 Å². The van der Waals surface area contributed by atoms with Crippen LogP contribution in [-0.4, -0.2) is 38.1 Å². The number of ether oxygens (including phenoxy) is 2. The van der Waals surface area contributed by atoms with Crippen LogP contribution in [-0.2, 0) is 17.4 Å². The van der Waals surface area contributed by atoms with Crippen molar-refractivity contribution in [1.29, 1.82) is 0 Å². The van der Waals surface area contributed by atoms with Gasteiger partial charge < -0.3 is 20.1 Å². The van der Waals surface area contributed by atoms with Crippen LogP contribution < -0.4 is 20.1 Å². The molecule has 0 spiro atoms. The molecule has 31 heavy (non-hydrogen) atoms. The SMILES string of the molecule is CCOc1ccc(C(=O)NCC(=O)NCCc2ccc(C(F)(F)F)cc2)cc1OCC. The Morgan fingerprint density at radius 2 is 1.55 bits per heavy atom. The second kappa shape index (κ2) is 11.2. The molecule has 0 fully saturated rings. The van der Waals surface area contributed by atoms with Crippen LogP contribution in [0.15, 0.2) is 42.5 Å². The van der Waals surface area contributed by atoms with Crippen LogP contribution in [0.1, 0.15) is 35.3 Å².